The largest absolute Gasteiger partial charge is 0.497 e. The summed E-state index contributed by atoms with van der Waals surface area (Å²) < 4.78 is 23.5. The number of ether oxygens (including phenoxy) is 4. The predicted octanol–water partition coefficient (Wildman–Crippen LogP) is 2.82. The van der Waals surface area contributed by atoms with Gasteiger partial charge in [0.1, 0.15) is 11.5 Å². The zero-order valence-electron chi connectivity index (χ0n) is 19.1. The first-order chi connectivity index (χ1) is 16.0. The van der Waals surface area contributed by atoms with Crippen molar-refractivity contribution in [2.45, 2.75) is 13.0 Å². The average Bonchev–Trinajstić information content (AvgIpc) is 3.21. The van der Waals surface area contributed by atoms with Crippen molar-refractivity contribution in [3.05, 3.63) is 48.0 Å². The molecule has 0 aliphatic carbocycles. The van der Waals surface area contributed by atoms with Crippen LogP contribution in [0.5, 0.6) is 11.5 Å². The number of hydrogen-bond acceptors (Lipinski definition) is 7. The monoisotopic (exact) mass is 453 g/mol. The second kappa shape index (κ2) is 9.50. The standard InChI is InChI=1S/C24H27N3O6/c1-5-33-23(29)20-21(16-11-10-15(31-3)14-19(16)32-4)27-18-9-7-6-8-17(18)25-24(27)26(22(20)28)12-13-30-2/h6-11,14,20-21H,5,12-13H2,1-4H3/t20-,21-/m1/s1. The Kier molecular flexibility index (Phi) is 6.50. The van der Waals surface area contributed by atoms with E-state index in [0.717, 1.165) is 5.52 Å². The van der Waals surface area contributed by atoms with Crippen LogP contribution in [-0.2, 0) is 19.1 Å². The van der Waals surface area contributed by atoms with E-state index in [9.17, 15) is 9.59 Å². The van der Waals surface area contributed by atoms with Crippen molar-refractivity contribution >= 4 is 28.9 Å². The summed E-state index contributed by atoms with van der Waals surface area (Å²) in [6, 6.07) is 12.2. The van der Waals surface area contributed by atoms with Crippen LogP contribution < -0.4 is 14.4 Å². The van der Waals surface area contributed by atoms with Gasteiger partial charge in [-0.15, -0.1) is 0 Å². The molecule has 0 fully saturated rings. The summed E-state index contributed by atoms with van der Waals surface area (Å²) in [4.78, 5) is 33.2. The number of carbonyl (C=O) groups excluding carboxylic acids is 2. The Morgan fingerprint density at radius 3 is 2.58 bits per heavy atom. The highest BCUT2D eigenvalue weighted by Crippen LogP contribution is 2.44. The molecule has 9 nitrogen and oxygen atoms in total. The van der Waals surface area contributed by atoms with Gasteiger partial charge in [-0.3, -0.25) is 14.5 Å². The van der Waals surface area contributed by atoms with Crippen molar-refractivity contribution in [1.82, 2.24) is 9.55 Å². The lowest BCUT2D eigenvalue weighted by atomic mass is 9.88. The molecule has 9 heteroatoms. The minimum atomic E-state index is -1.13. The molecule has 2 atom stereocenters. The van der Waals surface area contributed by atoms with Gasteiger partial charge < -0.3 is 23.5 Å². The van der Waals surface area contributed by atoms with Gasteiger partial charge in [0.15, 0.2) is 5.92 Å². The molecule has 3 aromatic rings. The lowest BCUT2D eigenvalue weighted by Gasteiger charge is -2.38. The summed E-state index contributed by atoms with van der Waals surface area (Å²) in [5, 5.41) is 0. The van der Waals surface area contributed by atoms with Crippen LogP contribution in [0.2, 0.25) is 0 Å². The van der Waals surface area contributed by atoms with Gasteiger partial charge in [0.2, 0.25) is 11.9 Å². The number of nitrogens with zero attached hydrogens (tertiary/aromatic N) is 3. The highest BCUT2D eigenvalue weighted by molar-refractivity contribution is 6.08. The Morgan fingerprint density at radius 2 is 1.88 bits per heavy atom. The summed E-state index contributed by atoms with van der Waals surface area (Å²) in [7, 11) is 4.67. The van der Waals surface area contributed by atoms with Crippen LogP contribution in [0.25, 0.3) is 11.0 Å². The number of anilines is 1. The van der Waals surface area contributed by atoms with Gasteiger partial charge in [0, 0.05) is 18.7 Å². The van der Waals surface area contributed by atoms with Crippen molar-refractivity contribution in [3.63, 3.8) is 0 Å². The normalized spacial score (nSPS) is 17.7. The Morgan fingerprint density at radius 1 is 1.09 bits per heavy atom. The molecule has 0 bridgehead atoms. The Hall–Kier alpha value is -3.59. The fourth-order valence-electron chi connectivity index (χ4n) is 4.28. The number of rotatable bonds is 8. The molecule has 33 heavy (non-hydrogen) atoms. The van der Waals surface area contributed by atoms with Gasteiger partial charge in [-0.2, -0.15) is 0 Å². The van der Waals surface area contributed by atoms with E-state index in [0.29, 0.717) is 35.1 Å². The predicted molar refractivity (Wildman–Crippen MR) is 122 cm³/mol. The fourth-order valence-corrected chi connectivity index (χ4v) is 4.28. The zero-order valence-corrected chi connectivity index (χ0v) is 19.1. The Bertz CT molecular complexity index is 1170. The first kappa shape index (κ1) is 22.6. The molecule has 2 heterocycles. The van der Waals surface area contributed by atoms with Gasteiger partial charge in [-0.1, -0.05) is 12.1 Å². The van der Waals surface area contributed by atoms with Crippen LogP contribution >= 0.6 is 0 Å². The van der Waals surface area contributed by atoms with Gasteiger partial charge in [0.05, 0.1) is 51.1 Å². The van der Waals surface area contributed by atoms with E-state index in [4.69, 9.17) is 23.9 Å². The molecular formula is C24H27N3O6. The maximum absolute atomic E-state index is 13.7. The third-order valence-electron chi connectivity index (χ3n) is 5.76. The number of carbonyl (C=O) groups is 2. The highest BCUT2D eigenvalue weighted by Gasteiger charge is 2.48. The molecule has 4 rings (SSSR count). The molecule has 1 aliphatic heterocycles. The second-order valence-corrected chi connectivity index (χ2v) is 7.54. The van der Waals surface area contributed by atoms with Crippen LogP contribution in [-0.4, -0.2) is 62.5 Å². The molecule has 174 valence electrons. The van der Waals surface area contributed by atoms with Crippen LogP contribution in [0.1, 0.15) is 18.5 Å². The van der Waals surface area contributed by atoms with E-state index < -0.39 is 23.8 Å². The van der Waals surface area contributed by atoms with E-state index in [1.54, 1.807) is 40.4 Å². The molecule has 2 aromatic carbocycles. The van der Waals surface area contributed by atoms with Crippen LogP contribution in [0.4, 0.5) is 5.95 Å². The van der Waals surface area contributed by atoms with Gasteiger partial charge in [-0.05, 0) is 31.2 Å². The van der Waals surface area contributed by atoms with Crippen molar-refractivity contribution in [2.75, 3.05) is 46.0 Å². The number of para-hydroxylation sites is 2. The minimum absolute atomic E-state index is 0.157. The molecule has 0 unspecified atom stereocenters. The molecule has 0 saturated heterocycles. The lowest BCUT2D eigenvalue weighted by Crippen LogP contribution is -2.51. The molecule has 0 saturated carbocycles. The van der Waals surface area contributed by atoms with Crippen molar-refractivity contribution in [1.29, 1.82) is 0 Å². The van der Waals surface area contributed by atoms with Gasteiger partial charge in [0.25, 0.3) is 0 Å². The van der Waals surface area contributed by atoms with E-state index >= 15 is 0 Å². The first-order valence-corrected chi connectivity index (χ1v) is 10.7. The quantitative estimate of drug-likeness (QED) is 0.383. The van der Waals surface area contributed by atoms with E-state index in [1.165, 1.54) is 4.90 Å². The van der Waals surface area contributed by atoms with E-state index in [1.807, 2.05) is 34.9 Å². The SMILES string of the molecule is CCOC(=O)[C@H]1C(=O)N(CCOC)c2nc3ccccc3n2[C@@H]1c1ccc(OC)cc1OC. The number of esters is 1. The molecule has 0 radical (unpaired) electrons. The number of aromatic nitrogens is 2. The maximum Gasteiger partial charge on any atom is 0.321 e. The molecular weight excluding hydrogens is 426 g/mol. The van der Waals surface area contributed by atoms with Crippen LogP contribution in [0.15, 0.2) is 42.5 Å². The molecule has 1 aliphatic rings. The fraction of sp³-hybridized carbons (Fsp3) is 0.375. The minimum Gasteiger partial charge on any atom is -0.497 e. The first-order valence-electron chi connectivity index (χ1n) is 10.7. The zero-order chi connectivity index (χ0) is 23.5. The molecule has 0 spiro atoms. The lowest BCUT2D eigenvalue weighted by molar-refractivity contribution is -0.153. The van der Waals surface area contributed by atoms with Crippen LogP contribution in [0, 0.1) is 5.92 Å². The number of amides is 1. The topological polar surface area (TPSA) is 92.1 Å². The number of imidazole rings is 1. The third-order valence-corrected chi connectivity index (χ3v) is 5.76. The number of hydrogen-bond donors (Lipinski definition) is 0. The van der Waals surface area contributed by atoms with Gasteiger partial charge in [-0.25, -0.2) is 4.98 Å². The number of fused-ring (bicyclic) bond motifs is 3. The Labute approximate surface area is 191 Å². The number of benzene rings is 2. The molecule has 1 amide bonds. The number of methoxy groups -OCH3 is 3. The molecule has 1 aromatic heterocycles. The summed E-state index contributed by atoms with van der Waals surface area (Å²) in [5.41, 5.74) is 2.16. The summed E-state index contributed by atoms with van der Waals surface area (Å²) in [5.74, 6) is -0.582. The second-order valence-electron chi connectivity index (χ2n) is 7.54. The van der Waals surface area contributed by atoms with Crippen molar-refractivity contribution in [3.8, 4) is 11.5 Å². The third kappa shape index (κ3) is 3.89. The Balaban J connectivity index is 2.01. The van der Waals surface area contributed by atoms with Crippen molar-refractivity contribution < 1.29 is 28.5 Å². The average molecular weight is 453 g/mol. The van der Waals surface area contributed by atoms with Crippen LogP contribution in [0.3, 0.4) is 0 Å². The van der Waals surface area contributed by atoms with Crippen molar-refractivity contribution in [2.24, 2.45) is 5.92 Å². The smallest absolute Gasteiger partial charge is 0.321 e. The maximum atomic E-state index is 13.7. The van der Waals surface area contributed by atoms with Gasteiger partial charge >= 0.3 is 5.97 Å². The highest BCUT2D eigenvalue weighted by atomic mass is 16.5. The summed E-state index contributed by atoms with van der Waals surface area (Å²) in [6.07, 6.45) is 0. The van der Waals surface area contributed by atoms with E-state index in [2.05, 4.69) is 0 Å². The summed E-state index contributed by atoms with van der Waals surface area (Å²) >= 11 is 0. The van der Waals surface area contributed by atoms with E-state index in [-0.39, 0.29) is 13.2 Å². The molecule has 0 N–H and O–H groups in total. The summed E-state index contributed by atoms with van der Waals surface area (Å²) in [6.45, 7) is 2.42.